The Morgan fingerprint density at radius 1 is 1.06 bits per heavy atom. The fourth-order valence-corrected chi connectivity index (χ4v) is 5.44. The van der Waals surface area contributed by atoms with Crippen LogP contribution in [0.15, 0.2) is 65.6 Å². The summed E-state index contributed by atoms with van der Waals surface area (Å²) in [6, 6.07) is 15.1. The van der Waals surface area contributed by atoms with Gasteiger partial charge in [0.25, 0.3) is 0 Å². The van der Waals surface area contributed by atoms with E-state index < -0.39 is 28.8 Å². The first-order valence-electron chi connectivity index (χ1n) is 9.83. The van der Waals surface area contributed by atoms with Crippen molar-refractivity contribution in [1.82, 2.24) is 0 Å². The van der Waals surface area contributed by atoms with Crippen molar-refractivity contribution in [1.29, 1.82) is 0 Å². The molecule has 0 bridgehead atoms. The van der Waals surface area contributed by atoms with E-state index in [4.69, 9.17) is 11.6 Å². The number of thioether (sulfide) groups is 1. The molecule has 0 aromatic heterocycles. The maximum absolute atomic E-state index is 14.3. The van der Waals surface area contributed by atoms with E-state index in [0.717, 1.165) is 15.4 Å². The summed E-state index contributed by atoms with van der Waals surface area (Å²) in [6.45, 7) is 1.65. The summed E-state index contributed by atoms with van der Waals surface area (Å²) in [6.07, 6.45) is 0. The lowest BCUT2D eigenvalue weighted by Crippen LogP contribution is -2.55. The maximum atomic E-state index is 14.3. The summed E-state index contributed by atoms with van der Waals surface area (Å²) in [5, 5.41) is -0.493. The molecule has 0 N–H and O–H groups in total. The fourth-order valence-electron chi connectivity index (χ4n) is 3.93. The monoisotopic (exact) mass is 469 g/mol. The number of aryl methyl sites for hydroxylation is 1. The van der Waals surface area contributed by atoms with Gasteiger partial charge in [0, 0.05) is 22.1 Å². The molecule has 160 valence electrons. The number of nitrogens with zero attached hydrogens (tertiary/aromatic N) is 2. The van der Waals surface area contributed by atoms with Crippen LogP contribution in [0.1, 0.15) is 16.7 Å². The van der Waals surface area contributed by atoms with E-state index in [9.17, 15) is 18.4 Å². The second-order valence-corrected chi connectivity index (χ2v) is 9.15. The zero-order valence-corrected chi connectivity index (χ0v) is 18.4. The summed E-state index contributed by atoms with van der Waals surface area (Å²) in [7, 11) is 0. The third-order valence-corrected chi connectivity index (χ3v) is 7.19. The number of imide groups is 1. The fraction of sp³-hybridized carbons (Fsp3) is 0.125. The van der Waals surface area contributed by atoms with Gasteiger partial charge in [-0.2, -0.15) is 9.37 Å². The molecule has 1 atom stereocenters. The molecule has 3 aromatic rings. The Morgan fingerprint density at radius 2 is 1.84 bits per heavy atom. The Balaban J connectivity index is 1.68. The molecule has 0 spiro atoms. The molecule has 8 heteroatoms. The number of urea groups is 1. The Bertz CT molecular complexity index is 1340. The number of hydrogen-bond donors (Lipinski definition) is 0. The Labute approximate surface area is 192 Å². The molecule has 0 radical (unpaired) electrons. The third kappa shape index (κ3) is 3.32. The lowest BCUT2D eigenvalue weighted by atomic mass is 10.0. The average Bonchev–Trinajstić information content (AvgIpc) is 3.15. The third-order valence-electron chi connectivity index (χ3n) is 5.57. The van der Waals surface area contributed by atoms with Gasteiger partial charge in [-0.25, -0.2) is 13.6 Å². The molecular weight excluding hydrogens is 454 g/mol. The number of benzene rings is 3. The second-order valence-electron chi connectivity index (χ2n) is 7.59. The van der Waals surface area contributed by atoms with Crippen molar-refractivity contribution in [2.45, 2.75) is 23.6 Å². The van der Waals surface area contributed by atoms with E-state index in [1.807, 2.05) is 24.3 Å². The topological polar surface area (TPSA) is 40.4 Å². The Hall–Kier alpha value is -3.03. The van der Waals surface area contributed by atoms with Crippen LogP contribution < -0.4 is 4.90 Å². The van der Waals surface area contributed by atoms with Crippen molar-refractivity contribution in [3.8, 4) is 0 Å². The zero-order chi connectivity index (χ0) is 22.6. The van der Waals surface area contributed by atoms with Gasteiger partial charge in [0.15, 0.2) is 5.25 Å². The molecule has 3 amide bonds. The Morgan fingerprint density at radius 3 is 2.59 bits per heavy atom. The van der Waals surface area contributed by atoms with Crippen molar-refractivity contribution in [2.24, 2.45) is 0 Å². The van der Waals surface area contributed by atoms with Gasteiger partial charge in [0.2, 0.25) is 0 Å². The van der Waals surface area contributed by atoms with E-state index in [2.05, 4.69) is 0 Å². The summed E-state index contributed by atoms with van der Waals surface area (Å²) < 4.78 is 29.3. The van der Waals surface area contributed by atoms with Crippen LogP contribution in [0.4, 0.5) is 19.3 Å². The van der Waals surface area contributed by atoms with Gasteiger partial charge >= 0.3 is 11.9 Å². The molecule has 2 heterocycles. The number of anilines is 1. The summed E-state index contributed by atoms with van der Waals surface area (Å²) >= 11 is 7.59. The second kappa shape index (κ2) is 7.83. The van der Waals surface area contributed by atoms with Crippen LogP contribution in [0, 0.1) is 18.6 Å². The summed E-state index contributed by atoms with van der Waals surface area (Å²) in [5.74, 6) is -1.42. The van der Waals surface area contributed by atoms with Gasteiger partial charge in [-0.15, -0.1) is 16.7 Å². The number of amides is 3. The number of rotatable bonds is 3. The first-order valence-corrected chi connectivity index (χ1v) is 11.1. The average molecular weight is 470 g/mol. The molecule has 1 unspecified atom stereocenters. The molecule has 2 aliphatic rings. The van der Waals surface area contributed by atoms with Crippen molar-refractivity contribution < 1.29 is 22.9 Å². The Kier molecular flexibility index (Phi) is 5.10. The number of halogens is 3. The van der Waals surface area contributed by atoms with Gasteiger partial charge in [-0.3, -0.25) is 0 Å². The standard InChI is InChI=1S/C24H16ClF2N2O2S/c1-13-6-9-16(11-19(13)27)29-23(30)22-21(17-4-2-3-5-20(17)32-22)28(24(29)31)12-14-7-8-15(26)10-18(14)25/h2-11,22H,12H2,1H3/q+1. The van der Waals surface area contributed by atoms with E-state index >= 15 is 0 Å². The summed E-state index contributed by atoms with van der Waals surface area (Å²) in [5.41, 5.74) is 2.46. The van der Waals surface area contributed by atoms with Gasteiger partial charge < -0.3 is 0 Å². The molecule has 0 fully saturated rings. The zero-order valence-electron chi connectivity index (χ0n) is 16.8. The number of fused-ring (bicyclic) bond motifs is 3. The molecule has 2 aliphatic heterocycles. The molecule has 0 aliphatic carbocycles. The largest absolute Gasteiger partial charge is 0.506 e. The van der Waals surface area contributed by atoms with E-state index in [1.165, 1.54) is 46.7 Å². The molecule has 5 rings (SSSR count). The van der Waals surface area contributed by atoms with E-state index in [-0.39, 0.29) is 17.3 Å². The highest BCUT2D eigenvalue weighted by Crippen LogP contribution is 2.41. The first-order chi connectivity index (χ1) is 15.3. The normalized spacial score (nSPS) is 17.6. The van der Waals surface area contributed by atoms with E-state index in [0.29, 0.717) is 16.8 Å². The smallest absolute Gasteiger partial charge is 0.244 e. The molecule has 32 heavy (non-hydrogen) atoms. The van der Waals surface area contributed by atoms with Crippen LogP contribution in [0.5, 0.6) is 0 Å². The predicted octanol–water partition coefficient (Wildman–Crippen LogP) is 5.57. The van der Waals surface area contributed by atoms with Crippen LogP contribution >= 0.6 is 23.4 Å². The predicted molar refractivity (Wildman–Crippen MR) is 120 cm³/mol. The highest BCUT2D eigenvalue weighted by molar-refractivity contribution is 8.02. The molecule has 0 saturated heterocycles. The van der Waals surface area contributed by atoms with Gasteiger partial charge in [-0.1, -0.05) is 35.9 Å². The van der Waals surface area contributed by atoms with Crippen molar-refractivity contribution >= 4 is 46.7 Å². The van der Waals surface area contributed by atoms with Crippen LogP contribution in [0.3, 0.4) is 0 Å². The molecular formula is C24H16ClF2N2O2S+. The summed E-state index contributed by atoms with van der Waals surface area (Å²) in [4.78, 5) is 28.9. The van der Waals surface area contributed by atoms with Crippen molar-refractivity contribution in [2.75, 3.05) is 4.90 Å². The first kappa shape index (κ1) is 20.8. The van der Waals surface area contributed by atoms with E-state index in [1.54, 1.807) is 13.0 Å². The van der Waals surface area contributed by atoms with Crippen LogP contribution in [-0.2, 0) is 11.3 Å². The van der Waals surface area contributed by atoms with Crippen LogP contribution in [0.25, 0.3) is 0 Å². The van der Waals surface area contributed by atoms with Crippen molar-refractivity contribution in [3.05, 3.63) is 94.0 Å². The van der Waals surface area contributed by atoms with Crippen molar-refractivity contribution in [3.63, 3.8) is 0 Å². The lowest BCUT2D eigenvalue weighted by Gasteiger charge is -2.25. The maximum Gasteiger partial charge on any atom is 0.506 e. The number of carbonyl (C=O) groups excluding carboxylic acids is 2. The van der Waals surface area contributed by atoms with Crippen LogP contribution in [0.2, 0.25) is 5.02 Å². The SMILES string of the molecule is Cc1ccc(N2C(=O)C3Sc4ccccc4C3=[N+](Cc3ccc(F)cc3Cl)C2=O)cc1F. The van der Waals surface area contributed by atoms with Gasteiger partial charge in [0.05, 0.1) is 5.02 Å². The number of hydrogen-bond acceptors (Lipinski definition) is 3. The highest BCUT2D eigenvalue weighted by Gasteiger charge is 2.53. The van der Waals surface area contributed by atoms with Crippen LogP contribution in [-0.4, -0.2) is 27.5 Å². The molecule has 3 aromatic carbocycles. The molecule has 0 saturated carbocycles. The quantitative estimate of drug-likeness (QED) is 0.471. The minimum absolute atomic E-state index is 0.0385. The lowest BCUT2D eigenvalue weighted by molar-refractivity contribution is -0.444. The van der Waals surface area contributed by atoms with Gasteiger partial charge in [-0.05, 0) is 42.8 Å². The highest BCUT2D eigenvalue weighted by atomic mass is 35.5. The minimum Gasteiger partial charge on any atom is -0.244 e. The molecule has 4 nitrogen and oxygen atoms in total. The van der Waals surface area contributed by atoms with Gasteiger partial charge in [0.1, 0.15) is 29.6 Å². The number of carbonyl (C=O) groups is 2. The minimum atomic E-state index is -0.673.